The van der Waals surface area contributed by atoms with E-state index in [1.165, 1.54) is 0 Å². The lowest BCUT2D eigenvalue weighted by molar-refractivity contribution is 0.0952. The number of aromatic nitrogens is 6. The molecule has 2 amide bonds. The van der Waals surface area contributed by atoms with Gasteiger partial charge in [-0.15, -0.1) is 0 Å². The van der Waals surface area contributed by atoms with Crippen LogP contribution in [-0.2, 0) is 0 Å². The van der Waals surface area contributed by atoms with E-state index in [1.807, 2.05) is 85.2 Å². The molecule has 56 heavy (non-hydrogen) atoms. The third kappa shape index (κ3) is 6.40. The number of rotatable bonds is 10. The highest BCUT2D eigenvalue weighted by molar-refractivity contribution is 7.99. The maximum absolute atomic E-state index is 12.6. The van der Waals surface area contributed by atoms with Gasteiger partial charge in [0.15, 0.2) is 0 Å². The third-order valence-electron chi connectivity index (χ3n) is 10.6. The van der Waals surface area contributed by atoms with Gasteiger partial charge in [-0.3, -0.25) is 29.8 Å². The van der Waals surface area contributed by atoms with E-state index in [0.717, 1.165) is 64.2 Å². The zero-order chi connectivity index (χ0) is 38.2. The minimum atomic E-state index is -0.120. The Labute approximate surface area is 331 Å². The molecule has 1 saturated carbocycles. The summed E-state index contributed by atoms with van der Waals surface area (Å²) in [5.41, 5.74) is 6.98. The highest BCUT2D eigenvalue weighted by Gasteiger charge is 2.56. The summed E-state index contributed by atoms with van der Waals surface area (Å²) in [4.78, 5) is 38.8. The van der Waals surface area contributed by atoms with Crippen LogP contribution < -0.4 is 10.6 Å². The Morgan fingerprint density at radius 1 is 0.536 bits per heavy atom. The summed E-state index contributed by atoms with van der Waals surface area (Å²) < 4.78 is 0. The van der Waals surface area contributed by atoms with Gasteiger partial charge in [-0.25, -0.2) is 0 Å². The van der Waals surface area contributed by atoms with E-state index in [2.05, 4.69) is 69.4 Å². The summed E-state index contributed by atoms with van der Waals surface area (Å²) in [6.07, 6.45) is 3.71. The molecule has 4 heterocycles. The Morgan fingerprint density at radius 2 is 0.964 bits per heavy atom. The second kappa shape index (κ2) is 15.1. The molecule has 4 N–H and O–H groups in total. The van der Waals surface area contributed by atoms with Crippen LogP contribution in [0.2, 0.25) is 0 Å². The number of hydrogen-bond donors (Lipinski definition) is 4. The molecule has 4 aromatic carbocycles. The lowest BCUT2D eigenvalue weighted by Gasteiger charge is -2.51. The molecule has 9 rings (SSSR count). The van der Waals surface area contributed by atoms with Crippen molar-refractivity contribution in [3.8, 4) is 0 Å². The minimum absolute atomic E-state index is 0.0301. The second-order valence-corrected chi connectivity index (χ2v) is 15.8. The Morgan fingerprint density at radius 3 is 1.38 bits per heavy atom. The van der Waals surface area contributed by atoms with Crippen LogP contribution in [0.5, 0.6) is 0 Å². The number of pyridine rings is 2. The van der Waals surface area contributed by atoms with Crippen LogP contribution in [0, 0.1) is 0 Å². The van der Waals surface area contributed by atoms with E-state index < -0.39 is 0 Å². The predicted molar refractivity (Wildman–Crippen MR) is 220 cm³/mol. The van der Waals surface area contributed by atoms with E-state index in [1.54, 1.807) is 37.6 Å². The highest BCUT2D eigenvalue weighted by Crippen LogP contribution is 2.66. The van der Waals surface area contributed by atoms with Crippen LogP contribution in [-0.4, -0.2) is 56.3 Å². The smallest absolute Gasteiger partial charge is 0.252 e. The van der Waals surface area contributed by atoms with Crippen molar-refractivity contribution in [2.75, 3.05) is 14.1 Å². The van der Waals surface area contributed by atoms with Crippen LogP contribution in [0.4, 0.5) is 0 Å². The summed E-state index contributed by atoms with van der Waals surface area (Å²) in [5, 5.41) is 24.2. The number of aromatic amines is 2. The van der Waals surface area contributed by atoms with Crippen molar-refractivity contribution in [1.29, 1.82) is 0 Å². The molecule has 0 bridgehead atoms. The van der Waals surface area contributed by atoms with Crippen molar-refractivity contribution in [1.82, 2.24) is 41.0 Å². The maximum Gasteiger partial charge on any atom is 0.252 e. The first-order valence-corrected chi connectivity index (χ1v) is 19.9. The van der Waals surface area contributed by atoms with Gasteiger partial charge in [-0.1, -0.05) is 59.9 Å². The van der Waals surface area contributed by atoms with E-state index in [4.69, 9.17) is 20.2 Å². The highest BCUT2D eigenvalue weighted by atomic mass is 32.2. The van der Waals surface area contributed by atoms with Crippen LogP contribution in [0.15, 0.2) is 153 Å². The van der Waals surface area contributed by atoms with Crippen LogP contribution in [0.1, 0.15) is 67.2 Å². The van der Waals surface area contributed by atoms with Gasteiger partial charge in [0, 0.05) is 103 Å². The summed E-state index contributed by atoms with van der Waals surface area (Å²) >= 11 is 3.09. The summed E-state index contributed by atoms with van der Waals surface area (Å²) in [5.74, 6) is -0.363. The van der Waals surface area contributed by atoms with Crippen molar-refractivity contribution >= 4 is 57.1 Å². The summed E-state index contributed by atoms with van der Waals surface area (Å²) in [7, 11) is 3.29. The maximum atomic E-state index is 12.6. The molecule has 1 aliphatic rings. The number of nitrogens with one attached hydrogen (secondary N) is 4. The first-order valence-electron chi connectivity index (χ1n) is 18.3. The topological polar surface area (TPSA) is 141 Å². The molecule has 12 heteroatoms. The van der Waals surface area contributed by atoms with E-state index in [0.29, 0.717) is 11.1 Å². The largest absolute Gasteiger partial charge is 0.355 e. The number of nitrogens with zero attached hydrogens (tertiary/aromatic N) is 4. The molecule has 8 aromatic rings. The fraction of sp³-hybridized carbons (Fsp3) is 0.136. The van der Waals surface area contributed by atoms with Crippen LogP contribution in [0.25, 0.3) is 21.8 Å². The van der Waals surface area contributed by atoms with Gasteiger partial charge in [-0.2, -0.15) is 10.2 Å². The number of hydrogen-bond acceptors (Lipinski definition) is 8. The van der Waals surface area contributed by atoms with Gasteiger partial charge < -0.3 is 10.6 Å². The quantitative estimate of drug-likeness (QED) is 0.108. The molecular formula is C44H36N8O2S2. The Kier molecular flexibility index (Phi) is 9.58. The fourth-order valence-electron chi connectivity index (χ4n) is 8.02. The zero-order valence-corrected chi connectivity index (χ0v) is 32.1. The number of H-pyrrole nitrogens is 2. The molecule has 0 radical (unpaired) electrons. The molecule has 276 valence electrons. The molecule has 0 unspecified atom stereocenters. The van der Waals surface area contributed by atoms with E-state index in [9.17, 15) is 9.59 Å². The van der Waals surface area contributed by atoms with E-state index in [-0.39, 0.29) is 35.5 Å². The zero-order valence-electron chi connectivity index (χ0n) is 30.4. The molecule has 0 atom stereocenters. The Bertz CT molecular complexity index is 2520. The molecular weight excluding hydrogens is 737 g/mol. The average Bonchev–Trinajstić information content (AvgIpc) is 3.84. The SMILES string of the molecule is CNC(=O)c1ccccc1Sc1ccc2c(C3C(c4ccccn4)C(c4[nH]nc5cc(Sc6ccccc6C(=O)NC)ccc45)C3c3ccccn3)[nH]nc2c1. The molecule has 1 aliphatic carbocycles. The molecule has 0 aliphatic heterocycles. The van der Waals surface area contributed by atoms with Crippen molar-refractivity contribution in [3.63, 3.8) is 0 Å². The second-order valence-electron chi connectivity index (χ2n) is 13.6. The third-order valence-corrected chi connectivity index (χ3v) is 12.7. The standard InChI is InChI=1S/C44H36N8O2S2/c1-45-43(53)29-11-3-5-15-35(29)55-25-17-19-27-33(23-25)49-51-41(27)39-37(31-13-7-9-21-47-31)40(38(39)32-14-8-10-22-48-32)42-28-20-18-26(24-34(28)50-52-42)56-36-16-6-4-12-30(36)44(54)46-2/h3-24,37-40H,1-2H3,(H,45,53)(H,46,54)(H,49,51)(H,50,52). The monoisotopic (exact) mass is 772 g/mol. The van der Waals surface area contributed by atoms with E-state index >= 15 is 0 Å². The Balaban J connectivity index is 1.11. The lowest BCUT2D eigenvalue weighted by atomic mass is 9.52. The molecule has 0 spiro atoms. The number of amides is 2. The van der Waals surface area contributed by atoms with Gasteiger partial charge in [0.1, 0.15) is 0 Å². The average molecular weight is 773 g/mol. The van der Waals surface area contributed by atoms with Gasteiger partial charge in [0.25, 0.3) is 11.8 Å². The number of fused-ring (bicyclic) bond motifs is 2. The van der Waals surface area contributed by atoms with Gasteiger partial charge in [0.2, 0.25) is 0 Å². The number of carbonyl (C=O) groups is 2. The molecule has 4 aromatic heterocycles. The number of benzene rings is 4. The summed E-state index contributed by atoms with van der Waals surface area (Å²) in [6, 6.07) is 40.0. The first kappa shape index (κ1) is 35.5. The fourth-order valence-corrected chi connectivity index (χ4v) is 9.97. The molecule has 0 saturated heterocycles. The van der Waals surface area contributed by atoms with Crippen molar-refractivity contribution in [3.05, 3.63) is 168 Å². The van der Waals surface area contributed by atoms with Crippen LogP contribution >= 0.6 is 23.5 Å². The molecule has 1 fully saturated rings. The molecule has 10 nitrogen and oxygen atoms in total. The van der Waals surface area contributed by atoms with Gasteiger partial charge in [-0.05, 0) is 84.9 Å². The van der Waals surface area contributed by atoms with Gasteiger partial charge in [0.05, 0.1) is 22.2 Å². The number of carbonyl (C=O) groups excluding carboxylic acids is 2. The predicted octanol–water partition coefficient (Wildman–Crippen LogP) is 8.70. The normalized spacial score (nSPS) is 17.8. The van der Waals surface area contributed by atoms with Crippen LogP contribution in [0.3, 0.4) is 0 Å². The summed E-state index contributed by atoms with van der Waals surface area (Å²) in [6.45, 7) is 0. The van der Waals surface area contributed by atoms with Gasteiger partial charge >= 0.3 is 0 Å². The van der Waals surface area contributed by atoms with Crippen molar-refractivity contribution in [2.45, 2.75) is 43.3 Å². The minimum Gasteiger partial charge on any atom is -0.355 e. The van der Waals surface area contributed by atoms with Crippen molar-refractivity contribution in [2.24, 2.45) is 0 Å². The first-order chi connectivity index (χ1) is 27.5. The van der Waals surface area contributed by atoms with Crippen molar-refractivity contribution < 1.29 is 9.59 Å². The Hall–Kier alpha value is -6.24. The lowest BCUT2D eigenvalue weighted by Crippen LogP contribution is -2.41.